The van der Waals surface area contributed by atoms with E-state index < -0.39 is 10.0 Å². The van der Waals surface area contributed by atoms with E-state index in [1.165, 1.54) is 0 Å². The second-order valence-electron chi connectivity index (χ2n) is 6.92. The topological polar surface area (TPSA) is 90.0 Å². The molecule has 0 radical (unpaired) electrons. The number of nitrogens with zero attached hydrogens (tertiary/aromatic N) is 2. The standard InChI is InChI=1S/C16H19BrN4O2S2/c1-9-8-16(2,18)12-4-3-10(7-11(9)12)20-25(22,23)14-13(17)19-15-21(14)5-6-24-15/h3-4,7,9,20H,5-6,8,18H2,1-2H3. The number of aromatic nitrogens is 2. The van der Waals surface area contributed by atoms with Gasteiger partial charge < -0.3 is 10.3 Å². The van der Waals surface area contributed by atoms with Crippen molar-refractivity contribution in [3.63, 3.8) is 0 Å². The third-order valence-corrected chi connectivity index (χ3v) is 8.03. The fourth-order valence-corrected chi connectivity index (χ4v) is 7.21. The minimum absolute atomic E-state index is 0.185. The number of anilines is 1. The first-order valence-electron chi connectivity index (χ1n) is 8.04. The number of benzene rings is 1. The van der Waals surface area contributed by atoms with E-state index in [9.17, 15) is 8.42 Å². The Labute approximate surface area is 159 Å². The number of hydrogen-bond donors (Lipinski definition) is 2. The second-order valence-corrected chi connectivity index (χ2v) is 10.3. The van der Waals surface area contributed by atoms with Crippen molar-refractivity contribution in [1.82, 2.24) is 9.55 Å². The van der Waals surface area contributed by atoms with Gasteiger partial charge in [-0.15, -0.1) is 0 Å². The number of thioether (sulfide) groups is 1. The molecule has 1 aliphatic carbocycles. The fraction of sp³-hybridized carbons (Fsp3) is 0.438. The van der Waals surface area contributed by atoms with Gasteiger partial charge in [0.15, 0.2) is 10.2 Å². The molecule has 2 unspecified atom stereocenters. The Hall–Kier alpha value is -1.03. The second kappa shape index (κ2) is 5.73. The Morgan fingerprint density at radius 3 is 3.00 bits per heavy atom. The Morgan fingerprint density at radius 2 is 2.24 bits per heavy atom. The monoisotopic (exact) mass is 442 g/mol. The zero-order chi connectivity index (χ0) is 18.0. The Bertz CT molecular complexity index is 969. The maximum Gasteiger partial charge on any atom is 0.280 e. The van der Waals surface area contributed by atoms with E-state index in [1.54, 1.807) is 22.4 Å². The van der Waals surface area contributed by atoms with E-state index in [1.807, 2.05) is 19.1 Å². The zero-order valence-corrected chi connectivity index (χ0v) is 17.1. The van der Waals surface area contributed by atoms with Crippen LogP contribution in [0.4, 0.5) is 5.69 Å². The minimum atomic E-state index is -3.73. The molecule has 9 heteroatoms. The first-order chi connectivity index (χ1) is 11.7. The van der Waals surface area contributed by atoms with Crippen LogP contribution in [0.1, 0.15) is 37.3 Å². The van der Waals surface area contributed by atoms with Crippen molar-refractivity contribution in [2.75, 3.05) is 10.5 Å². The molecule has 1 aromatic carbocycles. The first-order valence-corrected chi connectivity index (χ1v) is 11.3. The van der Waals surface area contributed by atoms with E-state index in [2.05, 4.69) is 32.6 Å². The van der Waals surface area contributed by atoms with Crippen LogP contribution in [-0.4, -0.2) is 23.7 Å². The van der Waals surface area contributed by atoms with Gasteiger partial charge >= 0.3 is 0 Å². The van der Waals surface area contributed by atoms with Gasteiger partial charge in [0, 0.05) is 23.5 Å². The summed E-state index contributed by atoms with van der Waals surface area (Å²) in [6.07, 6.45) is 0.859. The lowest BCUT2D eigenvalue weighted by molar-refractivity contribution is 0.463. The third-order valence-electron chi connectivity index (χ3n) is 4.83. The van der Waals surface area contributed by atoms with Crippen LogP contribution in [-0.2, 0) is 22.1 Å². The van der Waals surface area contributed by atoms with Gasteiger partial charge in [-0.25, -0.2) is 4.98 Å². The van der Waals surface area contributed by atoms with E-state index in [0.29, 0.717) is 22.8 Å². The average Bonchev–Trinajstić information content (AvgIpc) is 3.10. The van der Waals surface area contributed by atoms with Gasteiger partial charge in [0.25, 0.3) is 10.0 Å². The molecule has 25 heavy (non-hydrogen) atoms. The van der Waals surface area contributed by atoms with E-state index >= 15 is 0 Å². The highest BCUT2D eigenvalue weighted by Crippen LogP contribution is 2.43. The van der Waals surface area contributed by atoms with Gasteiger partial charge in [-0.3, -0.25) is 4.72 Å². The van der Waals surface area contributed by atoms with Crippen LogP contribution in [0.5, 0.6) is 0 Å². The van der Waals surface area contributed by atoms with Crippen LogP contribution in [0.25, 0.3) is 0 Å². The van der Waals surface area contributed by atoms with Gasteiger partial charge in [-0.1, -0.05) is 24.8 Å². The summed E-state index contributed by atoms with van der Waals surface area (Å²) in [7, 11) is -3.73. The molecule has 0 saturated heterocycles. The lowest BCUT2D eigenvalue weighted by Crippen LogP contribution is -2.29. The van der Waals surface area contributed by atoms with E-state index in [4.69, 9.17) is 5.73 Å². The van der Waals surface area contributed by atoms with Crippen molar-refractivity contribution in [2.45, 2.75) is 48.5 Å². The van der Waals surface area contributed by atoms with Crippen molar-refractivity contribution < 1.29 is 8.42 Å². The molecule has 3 N–H and O–H groups in total. The van der Waals surface area contributed by atoms with Crippen LogP contribution in [0, 0.1) is 0 Å². The molecule has 0 spiro atoms. The van der Waals surface area contributed by atoms with Gasteiger partial charge in [0.2, 0.25) is 0 Å². The Morgan fingerprint density at radius 1 is 1.48 bits per heavy atom. The van der Waals surface area contributed by atoms with Gasteiger partial charge in [0.1, 0.15) is 4.60 Å². The number of fused-ring (bicyclic) bond motifs is 2. The van der Waals surface area contributed by atoms with Gasteiger partial charge in [-0.2, -0.15) is 8.42 Å². The number of nitrogens with two attached hydrogens (primary N) is 1. The minimum Gasteiger partial charge on any atom is -0.322 e. The summed E-state index contributed by atoms with van der Waals surface area (Å²) >= 11 is 4.84. The lowest BCUT2D eigenvalue weighted by atomic mass is 9.95. The zero-order valence-electron chi connectivity index (χ0n) is 13.9. The fourth-order valence-electron chi connectivity index (χ4n) is 3.80. The summed E-state index contributed by atoms with van der Waals surface area (Å²) in [5.41, 5.74) is 8.74. The maximum absolute atomic E-state index is 12.9. The highest BCUT2D eigenvalue weighted by Gasteiger charge is 2.36. The molecule has 1 aliphatic heterocycles. The molecule has 0 amide bonds. The van der Waals surface area contributed by atoms with E-state index in [-0.39, 0.29) is 10.6 Å². The molecule has 2 aliphatic rings. The smallest absolute Gasteiger partial charge is 0.280 e. The lowest BCUT2D eigenvalue weighted by Gasteiger charge is -2.19. The van der Waals surface area contributed by atoms with Crippen molar-refractivity contribution >= 4 is 43.4 Å². The van der Waals surface area contributed by atoms with Crippen molar-refractivity contribution in [3.8, 4) is 0 Å². The predicted molar refractivity (Wildman–Crippen MR) is 102 cm³/mol. The third kappa shape index (κ3) is 2.81. The Kier molecular flexibility index (Phi) is 3.99. The number of sulfonamides is 1. The molecule has 1 aromatic heterocycles. The molecule has 0 fully saturated rings. The van der Waals surface area contributed by atoms with Crippen LogP contribution in [0.2, 0.25) is 0 Å². The highest BCUT2D eigenvalue weighted by molar-refractivity contribution is 9.10. The summed E-state index contributed by atoms with van der Waals surface area (Å²) in [6.45, 7) is 4.78. The van der Waals surface area contributed by atoms with Gasteiger partial charge in [-0.05, 0) is 58.5 Å². The van der Waals surface area contributed by atoms with E-state index in [0.717, 1.165) is 28.5 Å². The number of halogens is 1. The quantitative estimate of drug-likeness (QED) is 0.760. The number of nitrogens with one attached hydrogen (secondary N) is 1. The summed E-state index contributed by atoms with van der Waals surface area (Å²) in [4.78, 5) is 4.29. The highest BCUT2D eigenvalue weighted by atomic mass is 79.9. The molecule has 134 valence electrons. The summed E-state index contributed by atoms with van der Waals surface area (Å²) in [5.74, 6) is 1.14. The molecule has 2 aromatic rings. The average molecular weight is 443 g/mol. The predicted octanol–water partition coefficient (Wildman–Crippen LogP) is 3.23. The van der Waals surface area contributed by atoms with Gasteiger partial charge in [0.05, 0.1) is 0 Å². The van der Waals surface area contributed by atoms with Crippen LogP contribution in [0.15, 0.2) is 33.0 Å². The van der Waals surface area contributed by atoms with Crippen molar-refractivity contribution in [1.29, 1.82) is 0 Å². The number of imidazole rings is 1. The van der Waals surface area contributed by atoms with Crippen molar-refractivity contribution in [2.24, 2.45) is 5.73 Å². The molecule has 4 rings (SSSR count). The maximum atomic E-state index is 12.9. The normalized spacial score (nSPS) is 25.0. The SMILES string of the molecule is CC1CC(C)(N)c2ccc(NS(=O)(=O)c3c(Br)nc4n3CCS4)cc21. The van der Waals surface area contributed by atoms with Crippen LogP contribution >= 0.6 is 27.7 Å². The molecular formula is C16H19BrN4O2S2. The molecule has 6 nitrogen and oxygen atoms in total. The molecular weight excluding hydrogens is 424 g/mol. The summed E-state index contributed by atoms with van der Waals surface area (Å²) < 4.78 is 30.6. The number of rotatable bonds is 3. The molecule has 0 saturated carbocycles. The molecule has 0 bridgehead atoms. The first kappa shape index (κ1) is 17.4. The summed E-state index contributed by atoms with van der Waals surface area (Å²) in [5, 5.41) is 0.915. The summed E-state index contributed by atoms with van der Waals surface area (Å²) in [6, 6.07) is 5.62. The van der Waals surface area contributed by atoms with Crippen LogP contribution in [0.3, 0.4) is 0 Å². The van der Waals surface area contributed by atoms with Crippen molar-refractivity contribution in [3.05, 3.63) is 33.9 Å². The largest absolute Gasteiger partial charge is 0.322 e. The Balaban J connectivity index is 1.71. The molecule has 2 heterocycles. The van der Waals surface area contributed by atoms with Crippen LogP contribution < -0.4 is 10.5 Å². The molecule has 2 atom stereocenters. The number of hydrogen-bond acceptors (Lipinski definition) is 5.